The van der Waals surface area contributed by atoms with Crippen molar-refractivity contribution in [3.05, 3.63) is 12.3 Å². The van der Waals surface area contributed by atoms with Gasteiger partial charge in [0.1, 0.15) is 0 Å². The normalized spacial score (nSPS) is 8.50. The van der Waals surface area contributed by atoms with Crippen LogP contribution < -0.4 is 0 Å². The molecule has 56 valence electrons. The topological polar surface area (TPSA) is 77.8 Å². The standard InChI is InChI=1S/C5H7NO4/c1-3(2)6(4(7)8)5(9)10/h1H2,2H3,(H,7,8)(H,9,10). The molecule has 0 atom stereocenters. The van der Waals surface area contributed by atoms with Gasteiger partial charge in [-0.25, -0.2) is 9.59 Å². The molecule has 10 heavy (non-hydrogen) atoms. The second-order valence-corrected chi connectivity index (χ2v) is 1.64. The third kappa shape index (κ3) is 1.77. The maximum Gasteiger partial charge on any atom is 0.421 e. The molecule has 2 amide bonds. The number of hydrogen-bond donors (Lipinski definition) is 2. The molecule has 0 aromatic heterocycles. The van der Waals surface area contributed by atoms with Gasteiger partial charge in [-0.2, -0.15) is 4.90 Å². The number of amides is 2. The summed E-state index contributed by atoms with van der Waals surface area (Å²) in [4.78, 5) is 20.3. The Morgan fingerprint density at radius 1 is 1.30 bits per heavy atom. The summed E-state index contributed by atoms with van der Waals surface area (Å²) >= 11 is 0. The molecule has 0 rings (SSSR count). The van der Waals surface area contributed by atoms with E-state index in [4.69, 9.17) is 10.2 Å². The maximum atomic E-state index is 10.1. The minimum Gasteiger partial charge on any atom is -0.464 e. The van der Waals surface area contributed by atoms with E-state index >= 15 is 0 Å². The zero-order valence-electron chi connectivity index (χ0n) is 5.37. The molecule has 2 N–H and O–H groups in total. The average molecular weight is 145 g/mol. The first-order valence-electron chi connectivity index (χ1n) is 2.38. The van der Waals surface area contributed by atoms with Gasteiger partial charge in [-0.05, 0) is 6.92 Å². The van der Waals surface area contributed by atoms with E-state index < -0.39 is 12.2 Å². The van der Waals surface area contributed by atoms with Gasteiger partial charge >= 0.3 is 12.2 Å². The molecule has 5 heteroatoms. The summed E-state index contributed by atoms with van der Waals surface area (Å²) in [5.74, 6) is 0. The predicted octanol–water partition coefficient (Wildman–Crippen LogP) is 1.18. The molecule has 5 nitrogen and oxygen atoms in total. The van der Waals surface area contributed by atoms with Crippen LogP contribution in [0.4, 0.5) is 9.59 Å². The minimum absolute atomic E-state index is 0.0417. The van der Waals surface area contributed by atoms with Crippen LogP contribution >= 0.6 is 0 Å². The van der Waals surface area contributed by atoms with Gasteiger partial charge < -0.3 is 10.2 Å². The Morgan fingerprint density at radius 2 is 1.60 bits per heavy atom. The SMILES string of the molecule is C=C(C)N(C(=O)O)C(=O)O. The molecule has 0 saturated carbocycles. The van der Waals surface area contributed by atoms with Crippen molar-refractivity contribution >= 4 is 12.2 Å². The van der Waals surface area contributed by atoms with Crippen molar-refractivity contribution in [2.45, 2.75) is 6.92 Å². The summed E-state index contributed by atoms with van der Waals surface area (Å²) in [7, 11) is 0. The largest absolute Gasteiger partial charge is 0.464 e. The highest BCUT2D eigenvalue weighted by atomic mass is 16.4. The van der Waals surface area contributed by atoms with Crippen molar-refractivity contribution in [1.29, 1.82) is 0 Å². The van der Waals surface area contributed by atoms with Crippen LogP contribution in [0.15, 0.2) is 12.3 Å². The third-order valence-corrected chi connectivity index (χ3v) is 0.764. The van der Waals surface area contributed by atoms with Crippen LogP contribution in [0.3, 0.4) is 0 Å². The molecule has 0 radical (unpaired) electrons. The van der Waals surface area contributed by atoms with E-state index in [1.807, 2.05) is 0 Å². The fraction of sp³-hybridized carbons (Fsp3) is 0.200. The van der Waals surface area contributed by atoms with Crippen LogP contribution in [-0.2, 0) is 0 Å². The molecule has 0 aliphatic carbocycles. The molecule has 0 saturated heterocycles. The van der Waals surface area contributed by atoms with Crippen LogP contribution in [0.1, 0.15) is 6.92 Å². The van der Waals surface area contributed by atoms with Crippen LogP contribution in [0.25, 0.3) is 0 Å². The Bertz CT molecular complexity index is 153. The zero-order valence-corrected chi connectivity index (χ0v) is 5.37. The van der Waals surface area contributed by atoms with E-state index in [1.54, 1.807) is 0 Å². The van der Waals surface area contributed by atoms with Gasteiger partial charge in [0.2, 0.25) is 0 Å². The second-order valence-electron chi connectivity index (χ2n) is 1.64. The summed E-state index contributed by atoms with van der Waals surface area (Å²) in [6.07, 6.45) is -3.08. The van der Waals surface area contributed by atoms with E-state index in [9.17, 15) is 9.59 Å². The number of imide groups is 1. The van der Waals surface area contributed by atoms with Crippen molar-refractivity contribution in [2.75, 3.05) is 0 Å². The van der Waals surface area contributed by atoms with Crippen molar-refractivity contribution in [3.8, 4) is 0 Å². The van der Waals surface area contributed by atoms with E-state index in [0.717, 1.165) is 0 Å². The van der Waals surface area contributed by atoms with Crippen LogP contribution in [0, 0.1) is 0 Å². The van der Waals surface area contributed by atoms with Crippen LogP contribution in [-0.4, -0.2) is 27.3 Å². The molecule has 0 aliphatic rings. The lowest BCUT2D eigenvalue weighted by Gasteiger charge is -2.11. The van der Waals surface area contributed by atoms with E-state index in [2.05, 4.69) is 6.58 Å². The Hall–Kier alpha value is -1.52. The molecule has 0 heterocycles. The zero-order chi connectivity index (χ0) is 8.31. The van der Waals surface area contributed by atoms with Gasteiger partial charge in [0, 0.05) is 5.70 Å². The van der Waals surface area contributed by atoms with E-state index in [0.29, 0.717) is 0 Å². The van der Waals surface area contributed by atoms with Gasteiger partial charge in [0.25, 0.3) is 0 Å². The van der Waals surface area contributed by atoms with Gasteiger partial charge in [-0.15, -0.1) is 0 Å². The second kappa shape index (κ2) is 2.86. The molecular weight excluding hydrogens is 138 g/mol. The summed E-state index contributed by atoms with van der Waals surface area (Å²) in [5.41, 5.74) is -0.0417. The minimum atomic E-state index is -1.54. The lowest BCUT2D eigenvalue weighted by molar-refractivity contribution is 0.135. The highest BCUT2D eigenvalue weighted by Gasteiger charge is 2.19. The summed E-state index contributed by atoms with van der Waals surface area (Å²) in [6.45, 7) is 4.46. The smallest absolute Gasteiger partial charge is 0.421 e. The number of hydrogen-bond acceptors (Lipinski definition) is 2. The Kier molecular flexibility index (Phi) is 2.43. The number of rotatable bonds is 1. The number of allylic oxidation sites excluding steroid dienone is 1. The average Bonchev–Trinajstić information content (AvgIpc) is 1.59. The van der Waals surface area contributed by atoms with Gasteiger partial charge in [0.05, 0.1) is 0 Å². The Labute approximate surface area is 57.2 Å². The van der Waals surface area contributed by atoms with Crippen LogP contribution in [0.5, 0.6) is 0 Å². The molecule has 0 aliphatic heterocycles. The Balaban J connectivity index is 4.43. The third-order valence-electron chi connectivity index (χ3n) is 0.764. The maximum absolute atomic E-state index is 10.1. The van der Waals surface area contributed by atoms with Crippen molar-refractivity contribution < 1.29 is 19.8 Å². The molecule has 0 aromatic rings. The molecule has 0 aromatic carbocycles. The van der Waals surface area contributed by atoms with Crippen molar-refractivity contribution in [2.24, 2.45) is 0 Å². The number of carbonyl (C=O) groups is 2. The predicted molar refractivity (Wildman–Crippen MR) is 32.7 cm³/mol. The van der Waals surface area contributed by atoms with E-state index in [1.165, 1.54) is 6.92 Å². The number of carboxylic acid groups (broad SMARTS) is 2. The lowest BCUT2D eigenvalue weighted by Crippen LogP contribution is -2.32. The lowest BCUT2D eigenvalue weighted by atomic mass is 10.5. The first kappa shape index (κ1) is 8.48. The fourth-order valence-corrected chi connectivity index (χ4v) is 0.408. The highest BCUT2D eigenvalue weighted by molar-refractivity contribution is 5.87. The molecule has 0 unspecified atom stereocenters. The first-order chi connectivity index (χ1) is 4.46. The summed E-state index contributed by atoms with van der Waals surface area (Å²) in [6, 6.07) is 0. The quantitative estimate of drug-likeness (QED) is 0.580. The van der Waals surface area contributed by atoms with Crippen molar-refractivity contribution in [1.82, 2.24) is 4.90 Å². The molecule has 0 bridgehead atoms. The number of nitrogens with zero attached hydrogens (tertiary/aromatic N) is 1. The monoisotopic (exact) mass is 145 g/mol. The Morgan fingerprint density at radius 3 is 1.60 bits per heavy atom. The highest BCUT2D eigenvalue weighted by Crippen LogP contribution is 2.00. The fourth-order valence-electron chi connectivity index (χ4n) is 0.408. The molecule has 0 spiro atoms. The van der Waals surface area contributed by atoms with Gasteiger partial charge in [-0.1, -0.05) is 6.58 Å². The first-order valence-corrected chi connectivity index (χ1v) is 2.38. The van der Waals surface area contributed by atoms with E-state index in [-0.39, 0.29) is 10.6 Å². The van der Waals surface area contributed by atoms with Gasteiger partial charge in [0.15, 0.2) is 0 Å². The summed E-state index contributed by atoms with van der Waals surface area (Å²) in [5, 5.41) is 16.4. The van der Waals surface area contributed by atoms with Gasteiger partial charge in [-0.3, -0.25) is 0 Å². The molecule has 0 fully saturated rings. The molecular formula is C5H7NO4. The van der Waals surface area contributed by atoms with Crippen molar-refractivity contribution in [3.63, 3.8) is 0 Å². The van der Waals surface area contributed by atoms with Crippen LogP contribution in [0.2, 0.25) is 0 Å². The summed E-state index contributed by atoms with van der Waals surface area (Å²) < 4.78 is 0.